The van der Waals surface area contributed by atoms with E-state index in [-0.39, 0.29) is 0 Å². The van der Waals surface area contributed by atoms with Crippen molar-refractivity contribution in [2.45, 2.75) is 32.0 Å². The van der Waals surface area contributed by atoms with E-state index in [1.165, 1.54) is 12.8 Å². The third-order valence-corrected chi connectivity index (χ3v) is 3.42. The molecular weight excluding hydrogens is 243 g/mol. The number of hydrogen-bond donors (Lipinski definition) is 1. The van der Waals surface area contributed by atoms with Crippen molar-refractivity contribution in [3.63, 3.8) is 0 Å². The molecule has 1 aliphatic heterocycles. The number of nitrogens with one attached hydrogen (secondary N) is 1. The molecule has 0 radical (unpaired) electrons. The minimum atomic E-state index is -4.11. The topological polar surface area (TPSA) is 18.5 Å². The van der Waals surface area contributed by atoms with Crippen molar-refractivity contribution in [1.29, 1.82) is 0 Å². The quantitative estimate of drug-likeness (QED) is 0.706. The normalized spacial score (nSPS) is 22.0. The molecule has 1 N–H and O–H groups in total. The van der Waals surface area contributed by atoms with Crippen LogP contribution in [-0.4, -0.2) is 68.3 Å². The Morgan fingerprint density at radius 2 is 2.11 bits per heavy atom. The van der Waals surface area contributed by atoms with Crippen LogP contribution in [0.4, 0.5) is 13.2 Å². The summed E-state index contributed by atoms with van der Waals surface area (Å²) in [5, 5.41) is 2.43. The molecule has 0 aromatic rings. The molecule has 1 fully saturated rings. The number of alkyl halides is 3. The van der Waals surface area contributed by atoms with E-state index in [2.05, 4.69) is 22.0 Å². The molecule has 1 heterocycles. The van der Waals surface area contributed by atoms with Gasteiger partial charge in [0, 0.05) is 25.7 Å². The van der Waals surface area contributed by atoms with Crippen LogP contribution in [0.1, 0.15) is 19.8 Å². The third kappa shape index (κ3) is 6.02. The van der Waals surface area contributed by atoms with Gasteiger partial charge in [-0.15, -0.1) is 0 Å². The van der Waals surface area contributed by atoms with Crippen molar-refractivity contribution in [3.8, 4) is 0 Å². The van der Waals surface area contributed by atoms with Gasteiger partial charge in [-0.2, -0.15) is 13.2 Å². The van der Waals surface area contributed by atoms with E-state index in [0.717, 1.165) is 19.6 Å². The first-order valence-electron chi connectivity index (χ1n) is 6.62. The summed E-state index contributed by atoms with van der Waals surface area (Å²) in [5.41, 5.74) is 0. The van der Waals surface area contributed by atoms with E-state index in [1.807, 2.05) is 7.05 Å². The number of likely N-dealkylation sites (tertiary alicyclic amines) is 1. The fraction of sp³-hybridized carbons (Fsp3) is 1.00. The lowest BCUT2D eigenvalue weighted by Gasteiger charge is -2.27. The molecule has 0 spiro atoms. The van der Waals surface area contributed by atoms with Crippen molar-refractivity contribution < 1.29 is 13.2 Å². The summed E-state index contributed by atoms with van der Waals surface area (Å²) in [5.74, 6) is 0. The van der Waals surface area contributed by atoms with Crippen LogP contribution in [0.5, 0.6) is 0 Å². The zero-order chi connectivity index (χ0) is 13.6. The monoisotopic (exact) mass is 267 g/mol. The molecule has 0 saturated carbocycles. The Bertz CT molecular complexity index is 233. The molecule has 1 aliphatic rings. The largest absolute Gasteiger partial charge is 0.401 e. The van der Waals surface area contributed by atoms with Gasteiger partial charge in [0.1, 0.15) is 0 Å². The van der Waals surface area contributed by atoms with Crippen molar-refractivity contribution in [3.05, 3.63) is 0 Å². The van der Waals surface area contributed by atoms with Gasteiger partial charge in [-0.1, -0.05) is 6.92 Å². The fourth-order valence-electron chi connectivity index (χ4n) is 2.47. The van der Waals surface area contributed by atoms with Crippen LogP contribution in [0.3, 0.4) is 0 Å². The van der Waals surface area contributed by atoms with Crippen LogP contribution in [-0.2, 0) is 0 Å². The summed E-state index contributed by atoms with van der Waals surface area (Å²) >= 11 is 0. The molecule has 1 atom stereocenters. The minimum absolute atomic E-state index is 0.384. The van der Waals surface area contributed by atoms with Gasteiger partial charge in [0.05, 0.1) is 6.54 Å². The summed E-state index contributed by atoms with van der Waals surface area (Å²) in [7, 11) is 1.97. The average Bonchev–Trinajstić information content (AvgIpc) is 2.70. The maximum atomic E-state index is 11.9. The molecule has 108 valence electrons. The Morgan fingerprint density at radius 3 is 2.72 bits per heavy atom. The third-order valence-electron chi connectivity index (χ3n) is 3.42. The highest BCUT2D eigenvalue weighted by Crippen LogP contribution is 2.17. The molecular formula is C12H24F3N3. The highest BCUT2D eigenvalue weighted by atomic mass is 19.4. The summed E-state index contributed by atoms with van der Waals surface area (Å²) in [6.07, 6.45) is -1.67. The van der Waals surface area contributed by atoms with Crippen molar-refractivity contribution >= 4 is 0 Å². The molecule has 1 saturated heterocycles. The molecule has 1 unspecified atom stereocenters. The molecule has 18 heavy (non-hydrogen) atoms. The van der Waals surface area contributed by atoms with Gasteiger partial charge in [-0.25, -0.2) is 0 Å². The smallest absolute Gasteiger partial charge is 0.307 e. The molecule has 0 aliphatic carbocycles. The predicted molar refractivity (Wildman–Crippen MR) is 66.7 cm³/mol. The SMILES string of the molecule is CCN1CCCC1CN(C)CCNCC(F)(F)F. The summed E-state index contributed by atoms with van der Waals surface area (Å²) in [6, 6.07) is 0.572. The lowest BCUT2D eigenvalue weighted by Crippen LogP contribution is -2.41. The standard InChI is InChI=1S/C12H24F3N3/c1-3-18-7-4-5-11(18)9-17(2)8-6-16-10-12(13,14)15/h11,16H,3-10H2,1-2H3. The van der Waals surface area contributed by atoms with E-state index in [0.29, 0.717) is 19.1 Å². The lowest BCUT2D eigenvalue weighted by molar-refractivity contribution is -0.124. The van der Waals surface area contributed by atoms with Crippen LogP contribution >= 0.6 is 0 Å². The molecule has 0 aromatic carbocycles. The van der Waals surface area contributed by atoms with Gasteiger partial charge in [0.25, 0.3) is 0 Å². The molecule has 3 nitrogen and oxygen atoms in total. The van der Waals surface area contributed by atoms with Crippen LogP contribution in [0, 0.1) is 0 Å². The zero-order valence-electron chi connectivity index (χ0n) is 11.3. The fourth-order valence-corrected chi connectivity index (χ4v) is 2.47. The highest BCUT2D eigenvalue weighted by molar-refractivity contribution is 4.80. The van der Waals surface area contributed by atoms with Crippen molar-refractivity contribution in [2.24, 2.45) is 0 Å². The highest BCUT2D eigenvalue weighted by Gasteiger charge is 2.26. The molecule has 1 rings (SSSR count). The summed E-state index contributed by atoms with van der Waals surface area (Å²) < 4.78 is 35.8. The Kier molecular flexibility index (Phi) is 6.38. The number of likely N-dealkylation sites (N-methyl/N-ethyl adjacent to an activating group) is 2. The first-order chi connectivity index (χ1) is 8.42. The van der Waals surface area contributed by atoms with Crippen molar-refractivity contribution in [1.82, 2.24) is 15.1 Å². The number of nitrogens with zero attached hydrogens (tertiary/aromatic N) is 2. The second-order valence-electron chi connectivity index (χ2n) is 4.98. The first-order valence-corrected chi connectivity index (χ1v) is 6.62. The average molecular weight is 267 g/mol. The molecule has 6 heteroatoms. The molecule has 0 bridgehead atoms. The number of hydrogen-bond acceptors (Lipinski definition) is 3. The van der Waals surface area contributed by atoms with E-state index < -0.39 is 12.7 Å². The molecule has 0 aromatic heterocycles. The van der Waals surface area contributed by atoms with Crippen LogP contribution in [0.15, 0.2) is 0 Å². The van der Waals surface area contributed by atoms with Gasteiger partial charge in [-0.05, 0) is 33.0 Å². The second-order valence-corrected chi connectivity index (χ2v) is 4.98. The van der Waals surface area contributed by atoms with Crippen LogP contribution in [0.2, 0.25) is 0 Å². The van der Waals surface area contributed by atoms with Crippen LogP contribution < -0.4 is 5.32 Å². The second kappa shape index (κ2) is 7.31. The van der Waals surface area contributed by atoms with Gasteiger partial charge in [-0.3, -0.25) is 4.90 Å². The zero-order valence-corrected chi connectivity index (χ0v) is 11.3. The van der Waals surface area contributed by atoms with E-state index in [9.17, 15) is 13.2 Å². The molecule has 0 amide bonds. The maximum absolute atomic E-state index is 11.9. The Hall–Kier alpha value is -0.330. The van der Waals surface area contributed by atoms with Gasteiger partial charge in [0.15, 0.2) is 0 Å². The Labute approximate surface area is 107 Å². The van der Waals surface area contributed by atoms with Crippen LogP contribution in [0.25, 0.3) is 0 Å². The van der Waals surface area contributed by atoms with E-state index >= 15 is 0 Å². The lowest BCUT2D eigenvalue weighted by atomic mass is 10.2. The Morgan fingerprint density at radius 1 is 1.39 bits per heavy atom. The van der Waals surface area contributed by atoms with E-state index in [4.69, 9.17) is 0 Å². The van der Waals surface area contributed by atoms with Gasteiger partial charge >= 0.3 is 6.18 Å². The van der Waals surface area contributed by atoms with E-state index in [1.54, 1.807) is 0 Å². The predicted octanol–water partition coefficient (Wildman–Crippen LogP) is 1.55. The first kappa shape index (κ1) is 15.7. The van der Waals surface area contributed by atoms with Gasteiger partial charge < -0.3 is 10.2 Å². The van der Waals surface area contributed by atoms with Gasteiger partial charge in [0.2, 0.25) is 0 Å². The summed E-state index contributed by atoms with van der Waals surface area (Å²) in [4.78, 5) is 4.56. The maximum Gasteiger partial charge on any atom is 0.401 e. The van der Waals surface area contributed by atoms with Crippen molar-refractivity contribution in [2.75, 3.05) is 46.3 Å². The number of rotatable bonds is 7. The minimum Gasteiger partial charge on any atom is -0.307 e. The Balaban J connectivity index is 2.12. The summed E-state index contributed by atoms with van der Waals surface area (Å²) in [6.45, 7) is 5.46. The number of halogens is 3.